The Kier molecular flexibility index (Phi) is 5.23. The number of para-hydroxylation sites is 2. The van der Waals surface area contributed by atoms with Gasteiger partial charge in [-0.1, -0.05) is 42.5 Å². The molecule has 0 radical (unpaired) electrons. The molecule has 3 aromatic rings. The van der Waals surface area contributed by atoms with E-state index in [0.717, 1.165) is 35.5 Å². The minimum absolute atomic E-state index is 0.0907. The number of allylic oxidation sites excluding steroid dienone is 1. The molecule has 1 amide bonds. The van der Waals surface area contributed by atoms with E-state index < -0.39 is 6.04 Å². The third-order valence-electron chi connectivity index (χ3n) is 6.11. The summed E-state index contributed by atoms with van der Waals surface area (Å²) in [6.07, 6.45) is 2.08. The molecule has 5 nitrogen and oxygen atoms in total. The Morgan fingerprint density at radius 2 is 1.66 bits per heavy atom. The van der Waals surface area contributed by atoms with E-state index in [1.54, 1.807) is 36.3 Å². The summed E-state index contributed by atoms with van der Waals surface area (Å²) in [6, 6.07) is 24.1. The van der Waals surface area contributed by atoms with Crippen molar-refractivity contribution >= 4 is 23.1 Å². The molecule has 1 atom stereocenters. The highest BCUT2D eigenvalue weighted by Gasteiger charge is 2.39. The smallest absolute Gasteiger partial charge is 0.259 e. The van der Waals surface area contributed by atoms with Gasteiger partial charge in [0.25, 0.3) is 5.91 Å². The molecule has 5 heteroatoms. The highest BCUT2D eigenvalue weighted by molar-refractivity contribution is 6.11. The van der Waals surface area contributed by atoms with Crippen LogP contribution in [-0.2, 0) is 4.79 Å². The summed E-state index contributed by atoms with van der Waals surface area (Å²) in [7, 11) is 1.60. The highest BCUT2D eigenvalue weighted by Crippen LogP contribution is 2.45. The Labute approximate surface area is 187 Å². The Balaban J connectivity index is 1.74. The number of nitrogens with one attached hydrogen (secondary N) is 1. The van der Waals surface area contributed by atoms with Crippen LogP contribution >= 0.6 is 0 Å². The fourth-order valence-corrected chi connectivity index (χ4v) is 4.58. The van der Waals surface area contributed by atoms with Gasteiger partial charge >= 0.3 is 0 Å². The van der Waals surface area contributed by atoms with Crippen LogP contribution in [0.2, 0.25) is 0 Å². The van der Waals surface area contributed by atoms with Crippen LogP contribution in [0.1, 0.15) is 41.2 Å². The number of hydrogen-bond acceptors (Lipinski definition) is 4. The second-order valence-corrected chi connectivity index (χ2v) is 8.03. The van der Waals surface area contributed by atoms with Crippen LogP contribution in [0.15, 0.2) is 90.1 Å². The molecule has 3 aromatic carbocycles. The molecule has 0 bridgehead atoms. The first-order chi connectivity index (χ1) is 15.7. The highest BCUT2D eigenvalue weighted by atomic mass is 16.5. The van der Waals surface area contributed by atoms with E-state index in [2.05, 4.69) is 5.32 Å². The number of amides is 1. The van der Waals surface area contributed by atoms with Crippen LogP contribution in [0, 0.1) is 0 Å². The van der Waals surface area contributed by atoms with Gasteiger partial charge in [0.05, 0.1) is 24.5 Å². The van der Waals surface area contributed by atoms with E-state index in [0.29, 0.717) is 23.3 Å². The third kappa shape index (κ3) is 3.46. The number of ketones is 1. The van der Waals surface area contributed by atoms with Gasteiger partial charge in [0.1, 0.15) is 5.75 Å². The Morgan fingerprint density at radius 1 is 0.938 bits per heavy atom. The van der Waals surface area contributed by atoms with Crippen LogP contribution < -0.4 is 15.0 Å². The first-order valence-corrected chi connectivity index (χ1v) is 10.8. The van der Waals surface area contributed by atoms with Gasteiger partial charge in [-0.15, -0.1) is 0 Å². The number of methoxy groups -OCH3 is 1. The molecule has 0 spiro atoms. The van der Waals surface area contributed by atoms with Crippen molar-refractivity contribution in [2.45, 2.75) is 25.3 Å². The number of benzene rings is 3. The van der Waals surface area contributed by atoms with E-state index >= 15 is 0 Å². The molecule has 0 aromatic heterocycles. The molecule has 0 saturated carbocycles. The number of carbonyl (C=O) groups excluding carboxylic acids is 2. The quantitative estimate of drug-likeness (QED) is 0.602. The molecule has 5 rings (SSSR count). The van der Waals surface area contributed by atoms with Crippen molar-refractivity contribution in [1.29, 1.82) is 0 Å². The largest absolute Gasteiger partial charge is 0.497 e. The average Bonchev–Trinajstić information content (AvgIpc) is 2.99. The van der Waals surface area contributed by atoms with Gasteiger partial charge in [-0.25, -0.2) is 0 Å². The van der Waals surface area contributed by atoms with Crippen molar-refractivity contribution in [2.75, 3.05) is 17.3 Å². The number of ether oxygens (including phenoxy) is 1. The van der Waals surface area contributed by atoms with Crippen molar-refractivity contribution in [3.63, 3.8) is 0 Å². The zero-order chi connectivity index (χ0) is 22.1. The summed E-state index contributed by atoms with van der Waals surface area (Å²) >= 11 is 0. The van der Waals surface area contributed by atoms with Crippen LogP contribution in [0.5, 0.6) is 5.75 Å². The number of hydrogen-bond donors (Lipinski definition) is 1. The van der Waals surface area contributed by atoms with Crippen LogP contribution in [0.3, 0.4) is 0 Å². The lowest BCUT2D eigenvalue weighted by Gasteiger charge is -2.34. The predicted molar refractivity (Wildman–Crippen MR) is 125 cm³/mol. The Bertz CT molecular complexity index is 1200. The molecule has 1 aliphatic heterocycles. The van der Waals surface area contributed by atoms with Crippen LogP contribution in [-0.4, -0.2) is 18.8 Å². The fourth-order valence-electron chi connectivity index (χ4n) is 4.58. The Morgan fingerprint density at radius 3 is 2.41 bits per heavy atom. The number of anilines is 2. The van der Waals surface area contributed by atoms with Crippen molar-refractivity contribution < 1.29 is 14.3 Å². The molecule has 160 valence electrons. The van der Waals surface area contributed by atoms with Gasteiger partial charge in [0.2, 0.25) is 0 Å². The summed E-state index contributed by atoms with van der Waals surface area (Å²) in [5.41, 5.74) is 4.62. The van der Waals surface area contributed by atoms with Crippen molar-refractivity contribution in [1.82, 2.24) is 0 Å². The van der Waals surface area contributed by atoms with Crippen molar-refractivity contribution in [3.8, 4) is 5.75 Å². The molecule has 2 aliphatic rings. The zero-order valence-corrected chi connectivity index (χ0v) is 17.9. The lowest BCUT2D eigenvalue weighted by Crippen LogP contribution is -2.38. The van der Waals surface area contributed by atoms with Crippen molar-refractivity contribution in [2.24, 2.45) is 0 Å². The Hall–Kier alpha value is -3.86. The number of nitrogens with zero attached hydrogens (tertiary/aromatic N) is 1. The van der Waals surface area contributed by atoms with E-state index in [1.165, 1.54) is 0 Å². The molecule has 32 heavy (non-hydrogen) atoms. The molecule has 0 saturated heterocycles. The topological polar surface area (TPSA) is 58.6 Å². The van der Waals surface area contributed by atoms with E-state index in [4.69, 9.17) is 4.74 Å². The molecule has 0 unspecified atom stereocenters. The molecule has 1 N–H and O–H groups in total. The SMILES string of the molecule is COc1ccc(C(=O)N2c3ccccc3NC3=C(C(=O)CCC3)[C@H]2c2ccccc2)cc1. The van der Waals surface area contributed by atoms with Crippen molar-refractivity contribution in [3.05, 3.63) is 101 Å². The first-order valence-electron chi connectivity index (χ1n) is 10.8. The standard InChI is InChI=1S/C27H24N2O3/c1-32-20-16-14-19(15-17-20)27(31)29-23-12-6-5-10-21(23)28-22-11-7-13-24(30)25(22)26(29)18-8-3-2-4-9-18/h2-6,8-10,12,14-17,26,28H,7,11,13H2,1H3/t26-/m1/s1. The van der Waals surface area contributed by atoms with Crippen LogP contribution in [0.25, 0.3) is 0 Å². The summed E-state index contributed by atoms with van der Waals surface area (Å²) in [4.78, 5) is 29.0. The lowest BCUT2D eigenvalue weighted by molar-refractivity contribution is -0.116. The van der Waals surface area contributed by atoms with Gasteiger partial charge in [-0.2, -0.15) is 0 Å². The number of carbonyl (C=O) groups is 2. The minimum atomic E-state index is -0.509. The molecule has 0 fully saturated rings. The molecule has 1 aliphatic carbocycles. The summed E-state index contributed by atoms with van der Waals surface area (Å²) in [5.74, 6) is 0.613. The van der Waals surface area contributed by atoms with E-state index in [-0.39, 0.29) is 11.7 Å². The van der Waals surface area contributed by atoms with Gasteiger partial charge < -0.3 is 10.1 Å². The fraction of sp³-hybridized carbons (Fsp3) is 0.185. The normalized spacial score (nSPS) is 17.7. The van der Waals surface area contributed by atoms with E-state index in [9.17, 15) is 9.59 Å². The average molecular weight is 425 g/mol. The summed E-state index contributed by atoms with van der Waals surface area (Å²) in [5, 5.41) is 3.49. The summed E-state index contributed by atoms with van der Waals surface area (Å²) in [6.45, 7) is 0. The van der Waals surface area contributed by atoms with Gasteiger partial charge in [-0.3, -0.25) is 14.5 Å². The predicted octanol–water partition coefficient (Wildman–Crippen LogP) is 5.52. The molecule has 1 heterocycles. The minimum Gasteiger partial charge on any atom is -0.497 e. The first kappa shape index (κ1) is 20.1. The number of Topliss-reactive ketones (excluding diaryl/α,β-unsaturated/α-hetero) is 1. The maximum Gasteiger partial charge on any atom is 0.259 e. The second-order valence-electron chi connectivity index (χ2n) is 8.03. The lowest BCUT2D eigenvalue weighted by atomic mass is 9.85. The number of fused-ring (bicyclic) bond motifs is 1. The third-order valence-corrected chi connectivity index (χ3v) is 6.11. The second kappa shape index (κ2) is 8.35. The van der Waals surface area contributed by atoms with Crippen LogP contribution in [0.4, 0.5) is 11.4 Å². The summed E-state index contributed by atoms with van der Waals surface area (Å²) < 4.78 is 5.26. The van der Waals surface area contributed by atoms with Gasteiger partial charge in [0, 0.05) is 23.3 Å². The zero-order valence-electron chi connectivity index (χ0n) is 17.9. The monoisotopic (exact) mass is 424 g/mol. The van der Waals surface area contributed by atoms with Gasteiger partial charge in [-0.05, 0) is 54.8 Å². The molecular weight excluding hydrogens is 400 g/mol. The van der Waals surface area contributed by atoms with Gasteiger partial charge in [0.15, 0.2) is 5.78 Å². The van der Waals surface area contributed by atoms with E-state index in [1.807, 2.05) is 54.6 Å². The maximum absolute atomic E-state index is 14.0. The number of rotatable bonds is 3. The maximum atomic E-state index is 14.0. The molecular formula is C27H24N2O3.